The van der Waals surface area contributed by atoms with E-state index in [1.807, 2.05) is 13.1 Å². The Morgan fingerprint density at radius 3 is 2.16 bits per heavy atom. The molecule has 2 amide bonds. The Hall–Kier alpha value is -4.26. The van der Waals surface area contributed by atoms with E-state index in [4.69, 9.17) is 0 Å². The predicted octanol–water partition coefficient (Wildman–Crippen LogP) is 4.33. The fourth-order valence-electron chi connectivity index (χ4n) is 3.32. The lowest BCUT2D eigenvalue weighted by molar-refractivity contribution is 0.0940. The number of amides is 2. The van der Waals surface area contributed by atoms with Crippen LogP contribution in [0.5, 0.6) is 0 Å². The highest BCUT2D eigenvalue weighted by atomic mass is 19.1. The minimum atomic E-state index is -0.555. The molecule has 1 heterocycles. The van der Waals surface area contributed by atoms with Gasteiger partial charge in [0.2, 0.25) is 0 Å². The van der Waals surface area contributed by atoms with E-state index >= 15 is 0 Å². The number of imidazole rings is 1. The number of benzene rings is 3. The van der Waals surface area contributed by atoms with Crippen molar-refractivity contribution in [3.05, 3.63) is 120 Å². The van der Waals surface area contributed by atoms with Crippen LogP contribution in [0.1, 0.15) is 38.1 Å². The summed E-state index contributed by atoms with van der Waals surface area (Å²) in [4.78, 5) is 29.6. The van der Waals surface area contributed by atoms with Crippen LogP contribution < -0.4 is 10.6 Å². The topological polar surface area (TPSA) is 76.0 Å². The van der Waals surface area contributed by atoms with Crippen molar-refractivity contribution in [1.29, 1.82) is 0 Å². The third kappa shape index (κ3) is 4.73. The molecule has 32 heavy (non-hydrogen) atoms. The van der Waals surface area contributed by atoms with E-state index in [1.54, 1.807) is 77.6 Å². The Labute approximate surface area is 184 Å². The second-order valence-corrected chi connectivity index (χ2v) is 7.25. The van der Waals surface area contributed by atoms with Gasteiger partial charge in [0.1, 0.15) is 17.7 Å². The van der Waals surface area contributed by atoms with E-state index in [2.05, 4.69) is 15.6 Å². The first-order chi connectivity index (χ1) is 15.5. The van der Waals surface area contributed by atoms with Gasteiger partial charge in [-0.05, 0) is 54.1 Å². The fraction of sp³-hybridized carbons (Fsp3) is 0.0800. The minimum Gasteiger partial charge on any atom is -0.338 e. The Morgan fingerprint density at radius 1 is 0.875 bits per heavy atom. The van der Waals surface area contributed by atoms with Crippen molar-refractivity contribution in [3.63, 3.8) is 0 Å². The maximum Gasteiger partial charge on any atom is 0.255 e. The van der Waals surface area contributed by atoms with Crippen LogP contribution >= 0.6 is 0 Å². The van der Waals surface area contributed by atoms with Gasteiger partial charge in [0.15, 0.2) is 0 Å². The summed E-state index contributed by atoms with van der Waals surface area (Å²) < 4.78 is 15.2. The van der Waals surface area contributed by atoms with Crippen molar-refractivity contribution >= 4 is 17.5 Å². The predicted molar refractivity (Wildman–Crippen MR) is 120 cm³/mol. The Kier molecular flexibility index (Phi) is 6.07. The van der Waals surface area contributed by atoms with Gasteiger partial charge in [0.05, 0.1) is 0 Å². The maximum absolute atomic E-state index is 13.4. The summed E-state index contributed by atoms with van der Waals surface area (Å²) in [6, 6.07) is 20.9. The molecule has 1 atom stereocenters. The number of nitrogens with zero attached hydrogens (tertiary/aromatic N) is 2. The molecule has 0 radical (unpaired) electrons. The molecule has 0 aliphatic heterocycles. The Morgan fingerprint density at radius 2 is 1.53 bits per heavy atom. The average Bonchev–Trinajstić information content (AvgIpc) is 3.24. The molecule has 6 nitrogen and oxygen atoms in total. The number of halogens is 1. The number of hydrogen-bond donors (Lipinski definition) is 2. The number of carbonyl (C=O) groups is 2. The van der Waals surface area contributed by atoms with Gasteiger partial charge in [-0.1, -0.05) is 30.3 Å². The van der Waals surface area contributed by atoms with Crippen LogP contribution in [-0.4, -0.2) is 21.4 Å². The van der Waals surface area contributed by atoms with Crippen molar-refractivity contribution in [2.75, 3.05) is 5.32 Å². The van der Waals surface area contributed by atoms with Crippen LogP contribution in [0.2, 0.25) is 0 Å². The normalized spacial score (nSPS) is 11.6. The number of carbonyl (C=O) groups excluding carboxylic acids is 2. The summed E-state index contributed by atoms with van der Waals surface area (Å²) in [5.41, 5.74) is 2.26. The average molecular weight is 428 g/mol. The molecule has 0 saturated heterocycles. The van der Waals surface area contributed by atoms with Gasteiger partial charge in [0, 0.05) is 36.3 Å². The molecule has 7 heteroatoms. The molecule has 1 aromatic heterocycles. The van der Waals surface area contributed by atoms with E-state index in [9.17, 15) is 14.0 Å². The fourth-order valence-corrected chi connectivity index (χ4v) is 3.32. The molecule has 0 unspecified atom stereocenters. The van der Waals surface area contributed by atoms with E-state index < -0.39 is 6.04 Å². The van der Waals surface area contributed by atoms with Gasteiger partial charge in [0.25, 0.3) is 11.8 Å². The van der Waals surface area contributed by atoms with Gasteiger partial charge in [-0.25, -0.2) is 9.37 Å². The van der Waals surface area contributed by atoms with Crippen LogP contribution in [0.3, 0.4) is 0 Å². The van der Waals surface area contributed by atoms with Crippen LogP contribution in [0.4, 0.5) is 10.1 Å². The molecule has 0 saturated carbocycles. The van der Waals surface area contributed by atoms with Crippen molar-refractivity contribution < 1.29 is 14.0 Å². The van der Waals surface area contributed by atoms with E-state index in [1.165, 1.54) is 12.1 Å². The molecule has 160 valence electrons. The number of hydrogen-bond acceptors (Lipinski definition) is 3. The lowest BCUT2D eigenvalue weighted by Gasteiger charge is -2.19. The van der Waals surface area contributed by atoms with E-state index in [0.29, 0.717) is 28.2 Å². The number of aromatic nitrogens is 2. The first kappa shape index (κ1) is 21.0. The zero-order valence-corrected chi connectivity index (χ0v) is 17.3. The highest BCUT2D eigenvalue weighted by Gasteiger charge is 2.21. The molecular weight excluding hydrogens is 407 g/mol. The quantitative estimate of drug-likeness (QED) is 0.480. The van der Waals surface area contributed by atoms with Crippen LogP contribution in [0.25, 0.3) is 0 Å². The summed E-state index contributed by atoms with van der Waals surface area (Å²) in [5.74, 6) is -0.277. The summed E-state index contributed by atoms with van der Waals surface area (Å²) >= 11 is 0. The van der Waals surface area contributed by atoms with Crippen molar-refractivity contribution in [3.8, 4) is 0 Å². The Bertz CT molecular complexity index is 1220. The molecule has 4 aromatic rings. The number of anilines is 1. The summed E-state index contributed by atoms with van der Waals surface area (Å²) in [5, 5.41) is 5.77. The van der Waals surface area contributed by atoms with Gasteiger partial charge in [-0.2, -0.15) is 0 Å². The Balaban J connectivity index is 1.50. The highest BCUT2D eigenvalue weighted by Crippen LogP contribution is 2.22. The molecule has 0 aliphatic rings. The molecule has 0 fully saturated rings. The standard InChI is InChI=1S/C25H21FN4O2/c1-30-16-15-27-23(30)22(17-7-11-20(26)12-8-17)29-25(32)19-9-13-21(14-10-19)28-24(31)18-5-3-2-4-6-18/h2-16,22H,1H3,(H,28,31)(H,29,32)/t22-/m0/s1. The van der Waals surface area contributed by atoms with Crippen LogP contribution in [0.15, 0.2) is 91.3 Å². The minimum absolute atomic E-state index is 0.228. The molecule has 0 spiro atoms. The SMILES string of the molecule is Cn1ccnc1[C@@H](NC(=O)c1ccc(NC(=O)c2ccccc2)cc1)c1ccc(F)cc1. The largest absolute Gasteiger partial charge is 0.338 e. The molecule has 4 rings (SSSR count). The van der Waals surface area contributed by atoms with E-state index in [0.717, 1.165) is 0 Å². The summed E-state index contributed by atoms with van der Waals surface area (Å²) in [6.07, 6.45) is 3.42. The van der Waals surface area contributed by atoms with Crippen LogP contribution in [-0.2, 0) is 7.05 Å². The van der Waals surface area contributed by atoms with Gasteiger partial charge >= 0.3 is 0 Å². The molecular formula is C25H21FN4O2. The second-order valence-electron chi connectivity index (χ2n) is 7.25. The zero-order chi connectivity index (χ0) is 22.5. The maximum atomic E-state index is 13.4. The first-order valence-corrected chi connectivity index (χ1v) is 10.0. The summed E-state index contributed by atoms with van der Waals surface area (Å²) in [7, 11) is 1.83. The molecule has 3 aromatic carbocycles. The van der Waals surface area contributed by atoms with Crippen molar-refractivity contribution in [2.24, 2.45) is 7.05 Å². The monoisotopic (exact) mass is 428 g/mol. The van der Waals surface area contributed by atoms with E-state index in [-0.39, 0.29) is 17.6 Å². The lowest BCUT2D eigenvalue weighted by Crippen LogP contribution is -2.31. The van der Waals surface area contributed by atoms with Crippen molar-refractivity contribution in [2.45, 2.75) is 6.04 Å². The van der Waals surface area contributed by atoms with Crippen molar-refractivity contribution in [1.82, 2.24) is 14.9 Å². The number of aryl methyl sites for hydroxylation is 1. The zero-order valence-electron chi connectivity index (χ0n) is 17.3. The third-order valence-corrected chi connectivity index (χ3v) is 5.04. The summed E-state index contributed by atoms with van der Waals surface area (Å²) in [6.45, 7) is 0. The van der Waals surface area contributed by atoms with Crippen LogP contribution in [0, 0.1) is 5.82 Å². The molecule has 2 N–H and O–H groups in total. The smallest absolute Gasteiger partial charge is 0.255 e. The molecule has 0 aliphatic carbocycles. The van der Waals surface area contributed by atoms with Gasteiger partial charge in [-0.15, -0.1) is 0 Å². The number of rotatable bonds is 6. The lowest BCUT2D eigenvalue weighted by atomic mass is 10.0. The molecule has 0 bridgehead atoms. The third-order valence-electron chi connectivity index (χ3n) is 5.04. The second kappa shape index (κ2) is 9.26. The van der Waals surface area contributed by atoms with Gasteiger partial charge in [-0.3, -0.25) is 9.59 Å². The van der Waals surface area contributed by atoms with Gasteiger partial charge < -0.3 is 15.2 Å². The first-order valence-electron chi connectivity index (χ1n) is 10.0. The number of nitrogens with one attached hydrogen (secondary N) is 2. The highest BCUT2D eigenvalue weighted by molar-refractivity contribution is 6.04.